The minimum atomic E-state index is 0.687. The molecule has 0 aromatic heterocycles. The predicted octanol–water partition coefficient (Wildman–Crippen LogP) is 4.03. The second-order valence-corrected chi connectivity index (χ2v) is 4.89. The molecule has 0 atom stereocenters. The molecule has 0 aliphatic rings. The van der Waals surface area contributed by atoms with Crippen LogP contribution in [0.2, 0.25) is 0 Å². The Balaban J connectivity index is 2.47. The van der Waals surface area contributed by atoms with E-state index in [4.69, 9.17) is 18.9 Å². The summed E-state index contributed by atoms with van der Waals surface area (Å²) in [5.74, 6) is 2.82. The number of hydrogen-bond donors (Lipinski definition) is 0. The van der Waals surface area contributed by atoms with E-state index in [9.17, 15) is 0 Å². The maximum atomic E-state index is 5.59. The fourth-order valence-corrected chi connectivity index (χ4v) is 2.79. The van der Waals surface area contributed by atoms with Gasteiger partial charge in [-0.1, -0.05) is 18.2 Å². The van der Waals surface area contributed by atoms with E-state index in [2.05, 4.69) is 12.1 Å². The van der Waals surface area contributed by atoms with Crippen molar-refractivity contribution in [2.75, 3.05) is 28.4 Å². The van der Waals surface area contributed by atoms with Crippen LogP contribution in [-0.4, -0.2) is 28.4 Å². The Bertz CT molecular complexity index is 839. The van der Waals surface area contributed by atoms with Crippen molar-refractivity contribution in [3.05, 3.63) is 36.4 Å². The van der Waals surface area contributed by atoms with Gasteiger partial charge < -0.3 is 18.9 Å². The minimum Gasteiger partial charge on any atom is -0.493 e. The number of hydrogen-bond acceptors (Lipinski definition) is 4. The fourth-order valence-electron chi connectivity index (χ4n) is 2.79. The smallest absolute Gasteiger partial charge is 0.169 e. The van der Waals surface area contributed by atoms with Gasteiger partial charge in [-0.3, -0.25) is 0 Å². The second kappa shape index (κ2) is 5.64. The molecular weight excluding hydrogens is 280 g/mol. The van der Waals surface area contributed by atoms with Crippen LogP contribution in [0, 0.1) is 0 Å². The zero-order valence-electron chi connectivity index (χ0n) is 13.1. The van der Waals surface area contributed by atoms with Crippen LogP contribution in [-0.2, 0) is 0 Å². The van der Waals surface area contributed by atoms with Gasteiger partial charge in [-0.25, -0.2) is 0 Å². The summed E-state index contributed by atoms with van der Waals surface area (Å²) >= 11 is 0. The first-order valence-electron chi connectivity index (χ1n) is 6.93. The molecule has 3 aromatic rings. The zero-order valence-corrected chi connectivity index (χ0v) is 13.1. The summed E-state index contributed by atoms with van der Waals surface area (Å²) in [6, 6.07) is 12.0. The van der Waals surface area contributed by atoms with E-state index >= 15 is 0 Å². The first kappa shape index (κ1) is 14.3. The molecule has 0 heterocycles. The zero-order chi connectivity index (χ0) is 15.7. The molecule has 0 N–H and O–H groups in total. The second-order valence-electron chi connectivity index (χ2n) is 4.89. The van der Waals surface area contributed by atoms with Gasteiger partial charge in [-0.05, 0) is 34.4 Å². The molecule has 0 saturated carbocycles. The largest absolute Gasteiger partial charge is 0.493 e. The van der Waals surface area contributed by atoms with E-state index in [0.717, 1.165) is 27.3 Å². The number of rotatable bonds is 4. The van der Waals surface area contributed by atoms with Gasteiger partial charge in [0.05, 0.1) is 28.4 Å². The molecule has 0 bridgehead atoms. The minimum absolute atomic E-state index is 0.687. The van der Waals surface area contributed by atoms with Crippen LogP contribution in [0.5, 0.6) is 23.0 Å². The maximum Gasteiger partial charge on any atom is 0.169 e. The molecule has 0 radical (unpaired) electrons. The van der Waals surface area contributed by atoms with Crippen molar-refractivity contribution in [3.8, 4) is 23.0 Å². The highest BCUT2D eigenvalue weighted by molar-refractivity contribution is 6.12. The Morgan fingerprint density at radius 2 is 1.18 bits per heavy atom. The average Bonchev–Trinajstić information content (AvgIpc) is 2.58. The highest BCUT2D eigenvalue weighted by atomic mass is 16.5. The molecule has 0 unspecified atom stereocenters. The lowest BCUT2D eigenvalue weighted by atomic mass is 10.00. The maximum absolute atomic E-state index is 5.59. The Morgan fingerprint density at radius 3 is 1.82 bits per heavy atom. The van der Waals surface area contributed by atoms with Gasteiger partial charge in [-0.15, -0.1) is 0 Å². The van der Waals surface area contributed by atoms with Crippen molar-refractivity contribution in [3.63, 3.8) is 0 Å². The monoisotopic (exact) mass is 298 g/mol. The molecule has 0 aliphatic heterocycles. The topological polar surface area (TPSA) is 36.9 Å². The van der Waals surface area contributed by atoms with E-state index in [0.29, 0.717) is 17.2 Å². The Labute approximate surface area is 129 Å². The number of fused-ring (bicyclic) bond motifs is 3. The van der Waals surface area contributed by atoms with Crippen molar-refractivity contribution in [1.82, 2.24) is 0 Å². The number of ether oxygens (including phenoxy) is 4. The third-order valence-corrected chi connectivity index (χ3v) is 3.85. The summed E-state index contributed by atoms with van der Waals surface area (Å²) in [6.45, 7) is 0. The lowest BCUT2D eigenvalue weighted by Crippen LogP contribution is -1.94. The van der Waals surface area contributed by atoms with Crippen molar-refractivity contribution in [1.29, 1.82) is 0 Å². The van der Waals surface area contributed by atoms with Gasteiger partial charge in [0.25, 0.3) is 0 Å². The summed E-state index contributed by atoms with van der Waals surface area (Å²) in [4.78, 5) is 0. The third kappa shape index (κ3) is 2.08. The first-order valence-corrected chi connectivity index (χ1v) is 6.93. The van der Waals surface area contributed by atoms with E-state index < -0.39 is 0 Å². The van der Waals surface area contributed by atoms with Gasteiger partial charge in [0.1, 0.15) is 0 Å². The van der Waals surface area contributed by atoms with Crippen LogP contribution in [0.25, 0.3) is 21.5 Å². The molecule has 0 fully saturated rings. The van der Waals surface area contributed by atoms with Crippen LogP contribution in [0.4, 0.5) is 0 Å². The quantitative estimate of drug-likeness (QED) is 0.682. The van der Waals surface area contributed by atoms with E-state index in [-0.39, 0.29) is 0 Å². The van der Waals surface area contributed by atoms with Crippen LogP contribution in [0.15, 0.2) is 36.4 Å². The van der Waals surface area contributed by atoms with Gasteiger partial charge in [0, 0.05) is 5.39 Å². The normalized spacial score (nSPS) is 10.7. The highest BCUT2D eigenvalue weighted by Crippen LogP contribution is 2.42. The van der Waals surface area contributed by atoms with Crippen LogP contribution >= 0.6 is 0 Å². The SMILES string of the molecule is COc1cc2ccc3ccc(OC)c(OC)c3c2cc1OC. The molecule has 0 spiro atoms. The number of methoxy groups -OCH3 is 4. The molecule has 0 saturated heterocycles. The molecule has 3 rings (SSSR count). The molecule has 114 valence electrons. The summed E-state index contributed by atoms with van der Waals surface area (Å²) in [7, 11) is 6.55. The Morgan fingerprint density at radius 1 is 0.591 bits per heavy atom. The van der Waals surface area contributed by atoms with Gasteiger partial charge in [0.15, 0.2) is 23.0 Å². The Kier molecular flexibility index (Phi) is 3.67. The molecule has 4 nitrogen and oxygen atoms in total. The lowest BCUT2D eigenvalue weighted by Gasteiger charge is -2.15. The van der Waals surface area contributed by atoms with Crippen LogP contribution in [0.3, 0.4) is 0 Å². The molecule has 3 aromatic carbocycles. The van der Waals surface area contributed by atoms with Gasteiger partial charge in [-0.2, -0.15) is 0 Å². The van der Waals surface area contributed by atoms with E-state index in [1.54, 1.807) is 28.4 Å². The molecule has 0 aliphatic carbocycles. The highest BCUT2D eigenvalue weighted by Gasteiger charge is 2.14. The third-order valence-electron chi connectivity index (χ3n) is 3.85. The lowest BCUT2D eigenvalue weighted by molar-refractivity contribution is 0.355. The van der Waals surface area contributed by atoms with Crippen molar-refractivity contribution < 1.29 is 18.9 Å². The van der Waals surface area contributed by atoms with E-state index in [1.165, 1.54) is 0 Å². The summed E-state index contributed by atoms with van der Waals surface area (Å²) in [6.07, 6.45) is 0. The molecule has 4 heteroatoms. The average molecular weight is 298 g/mol. The molecule has 22 heavy (non-hydrogen) atoms. The van der Waals surface area contributed by atoms with Crippen LogP contribution < -0.4 is 18.9 Å². The summed E-state index contributed by atoms with van der Waals surface area (Å²) in [5.41, 5.74) is 0. The Hall–Kier alpha value is -2.62. The summed E-state index contributed by atoms with van der Waals surface area (Å²) < 4.78 is 21.8. The van der Waals surface area contributed by atoms with Crippen molar-refractivity contribution >= 4 is 21.5 Å². The fraction of sp³-hybridized carbons (Fsp3) is 0.222. The summed E-state index contributed by atoms with van der Waals surface area (Å²) in [5, 5.41) is 4.17. The molecular formula is C18H18O4. The van der Waals surface area contributed by atoms with Crippen molar-refractivity contribution in [2.45, 2.75) is 0 Å². The van der Waals surface area contributed by atoms with Crippen LogP contribution in [0.1, 0.15) is 0 Å². The van der Waals surface area contributed by atoms with E-state index in [1.807, 2.05) is 24.3 Å². The standard InChI is InChI=1S/C18H18O4/c1-19-14-8-7-11-5-6-12-9-15(20-2)16(21-3)10-13(12)17(11)18(14)22-4/h5-10H,1-4H3. The molecule has 0 amide bonds. The predicted molar refractivity (Wildman–Crippen MR) is 87.7 cm³/mol. The van der Waals surface area contributed by atoms with Gasteiger partial charge in [0.2, 0.25) is 0 Å². The number of benzene rings is 3. The van der Waals surface area contributed by atoms with Gasteiger partial charge >= 0.3 is 0 Å². The van der Waals surface area contributed by atoms with Crippen molar-refractivity contribution in [2.24, 2.45) is 0 Å². The first-order chi connectivity index (χ1) is 10.7.